The van der Waals surface area contributed by atoms with E-state index in [1.807, 2.05) is 35.2 Å². The van der Waals surface area contributed by atoms with E-state index in [9.17, 15) is 9.59 Å². The highest BCUT2D eigenvalue weighted by atomic mass is 16.2. The van der Waals surface area contributed by atoms with Gasteiger partial charge in [-0.3, -0.25) is 14.5 Å². The lowest BCUT2D eigenvalue weighted by atomic mass is 9.84. The van der Waals surface area contributed by atoms with Crippen LogP contribution in [0.3, 0.4) is 0 Å². The fourth-order valence-corrected chi connectivity index (χ4v) is 5.98. The van der Waals surface area contributed by atoms with Crippen molar-refractivity contribution in [2.75, 3.05) is 13.1 Å². The van der Waals surface area contributed by atoms with Crippen molar-refractivity contribution in [3.05, 3.63) is 71.3 Å². The minimum Gasteiger partial charge on any atom is -0.350 e. The predicted molar refractivity (Wildman–Crippen MR) is 130 cm³/mol. The van der Waals surface area contributed by atoms with Crippen LogP contribution in [-0.4, -0.2) is 46.8 Å². The molecule has 1 N–H and O–H groups in total. The van der Waals surface area contributed by atoms with Gasteiger partial charge in [-0.15, -0.1) is 0 Å². The lowest BCUT2D eigenvalue weighted by Crippen LogP contribution is -2.49. The molecule has 3 unspecified atom stereocenters. The van der Waals surface area contributed by atoms with E-state index in [0.29, 0.717) is 18.0 Å². The second-order valence-corrected chi connectivity index (χ2v) is 9.96. The molecule has 2 aliphatic heterocycles. The van der Waals surface area contributed by atoms with E-state index in [-0.39, 0.29) is 23.9 Å². The average Bonchev–Trinajstić information content (AvgIpc) is 3.51. The van der Waals surface area contributed by atoms with E-state index < -0.39 is 0 Å². The summed E-state index contributed by atoms with van der Waals surface area (Å²) < 4.78 is 0. The molecule has 0 radical (unpaired) electrons. The zero-order chi connectivity index (χ0) is 22.6. The Balaban J connectivity index is 1.24. The Bertz CT molecular complexity index is 953. The monoisotopic (exact) mass is 445 g/mol. The van der Waals surface area contributed by atoms with E-state index >= 15 is 0 Å². The summed E-state index contributed by atoms with van der Waals surface area (Å²) in [4.78, 5) is 31.1. The van der Waals surface area contributed by atoms with Crippen LogP contribution in [0.1, 0.15) is 66.4 Å². The summed E-state index contributed by atoms with van der Waals surface area (Å²) in [7, 11) is 0. The van der Waals surface area contributed by atoms with Gasteiger partial charge in [-0.25, -0.2) is 0 Å². The van der Waals surface area contributed by atoms with Gasteiger partial charge >= 0.3 is 0 Å². The van der Waals surface area contributed by atoms with Gasteiger partial charge in [-0.05, 0) is 74.4 Å². The smallest absolute Gasteiger partial charge is 0.254 e. The van der Waals surface area contributed by atoms with Crippen molar-refractivity contribution >= 4 is 11.8 Å². The Kier molecular flexibility index (Phi) is 6.77. The molecular formula is C28H35N3O2. The van der Waals surface area contributed by atoms with Crippen LogP contribution in [0.4, 0.5) is 0 Å². The Morgan fingerprint density at radius 3 is 2.30 bits per heavy atom. The minimum absolute atomic E-state index is 0.00332. The quantitative estimate of drug-likeness (QED) is 0.718. The summed E-state index contributed by atoms with van der Waals surface area (Å²) in [5.41, 5.74) is 3.10. The Morgan fingerprint density at radius 1 is 0.848 bits per heavy atom. The lowest BCUT2D eigenvalue weighted by Gasteiger charge is -2.33. The summed E-state index contributed by atoms with van der Waals surface area (Å²) in [6.45, 7) is 3.90. The normalized spacial score (nSPS) is 25.1. The summed E-state index contributed by atoms with van der Waals surface area (Å²) >= 11 is 0. The number of likely N-dealkylation sites (tertiary alicyclic amines) is 2. The van der Waals surface area contributed by atoms with Gasteiger partial charge in [0, 0.05) is 24.7 Å². The van der Waals surface area contributed by atoms with Gasteiger partial charge in [-0.2, -0.15) is 0 Å². The molecule has 0 aromatic heterocycles. The number of amides is 2. The maximum absolute atomic E-state index is 13.4. The summed E-state index contributed by atoms with van der Waals surface area (Å²) in [6, 6.07) is 17.8. The number of benzene rings is 2. The average molecular weight is 446 g/mol. The second kappa shape index (κ2) is 10.1. The van der Waals surface area contributed by atoms with E-state index in [1.54, 1.807) is 0 Å². The predicted octanol–water partition coefficient (Wildman–Crippen LogP) is 4.37. The summed E-state index contributed by atoms with van der Waals surface area (Å²) in [5.74, 6) is 0.415. The molecule has 0 bridgehead atoms. The number of hydrogen-bond donors (Lipinski definition) is 1. The SMILES string of the molecule is O=C(NCc1ccc(CN2CCCC2)cc1)C1CC2CCCCC2N1C(=O)c1ccccc1. The highest BCUT2D eigenvalue weighted by molar-refractivity contribution is 5.98. The lowest BCUT2D eigenvalue weighted by molar-refractivity contribution is -0.125. The van der Waals surface area contributed by atoms with Gasteiger partial charge < -0.3 is 10.2 Å². The minimum atomic E-state index is -0.375. The topological polar surface area (TPSA) is 52.7 Å². The first-order valence-corrected chi connectivity index (χ1v) is 12.6. The number of carbonyl (C=O) groups is 2. The van der Waals surface area contributed by atoms with Gasteiger partial charge in [0.25, 0.3) is 5.91 Å². The first kappa shape index (κ1) is 22.1. The standard InChI is InChI=1S/C28H35N3O2/c32-27(29-19-21-12-14-22(15-13-21)20-30-16-6-7-17-30)26-18-24-10-4-5-11-25(24)31(26)28(33)23-8-2-1-3-9-23/h1-3,8-9,12-15,24-26H,4-7,10-11,16-20H2,(H,29,32). The van der Waals surface area contributed by atoms with Crippen molar-refractivity contribution in [2.24, 2.45) is 5.92 Å². The Hall–Kier alpha value is -2.66. The van der Waals surface area contributed by atoms with Gasteiger partial charge in [0.1, 0.15) is 6.04 Å². The summed E-state index contributed by atoms with van der Waals surface area (Å²) in [6.07, 6.45) is 7.85. The molecule has 5 rings (SSSR count). The van der Waals surface area contributed by atoms with Gasteiger partial charge in [0.2, 0.25) is 5.91 Å². The van der Waals surface area contributed by atoms with Crippen molar-refractivity contribution in [1.29, 1.82) is 0 Å². The van der Waals surface area contributed by atoms with Crippen LogP contribution >= 0.6 is 0 Å². The molecule has 5 heteroatoms. The first-order valence-electron chi connectivity index (χ1n) is 12.6. The highest BCUT2D eigenvalue weighted by Gasteiger charge is 2.47. The molecule has 2 aromatic rings. The van der Waals surface area contributed by atoms with Crippen molar-refractivity contribution in [2.45, 2.75) is 70.1 Å². The number of rotatable bonds is 6. The maximum atomic E-state index is 13.4. The molecule has 0 spiro atoms. The van der Waals surface area contributed by atoms with Crippen LogP contribution in [0.25, 0.3) is 0 Å². The molecule has 3 atom stereocenters. The summed E-state index contributed by atoms with van der Waals surface area (Å²) in [5, 5.41) is 3.14. The highest BCUT2D eigenvalue weighted by Crippen LogP contribution is 2.40. The van der Waals surface area contributed by atoms with Crippen molar-refractivity contribution < 1.29 is 9.59 Å². The van der Waals surface area contributed by atoms with E-state index in [0.717, 1.165) is 37.8 Å². The van der Waals surface area contributed by atoms with Crippen LogP contribution < -0.4 is 5.32 Å². The van der Waals surface area contributed by atoms with Gasteiger partial charge in [0.15, 0.2) is 0 Å². The fourth-order valence-electron chi connectivity index (χ4n) is 5.98. The molecule has 3 fully saturated rings. The third kappa shape index (κ3) is 4.98. The first-order chi connectivity index (χ1) is 16.2. The number of fused-ring (bicyclic) bond motifs is 1. The van der Waals surface area contributed by atoms with E-state index in [1.165, 1.54) is 37.9 Å². The molecule has 174 valence electrons. The maximum Gasteiger partial charge on any atom is 0.254 e. The van der Waals surface area contributed by atoms with E-state index in [2.05, 4.69) is 34.5 Å². The molecule has 2 heterocycles. The number of nitrogens with zero attached hydrogens (tertiary/aromatic N) is 2. The molecule has 33 heavy (non-hydrogen) atoms. The van der Waals surface area contributed by atoms with Crippen LogP contribution in [0.2, 0.25) is 0 Å². The molecule has 2 aromatic carbocycles. The molecule has 2 amide bonds. The molecule has 3 aliphatic rings. The van der Waals surface area contributed by atoms with Crippen LogP contribution in [0.15, 0.2) is 54.6 Å². The largest absolute Gasteiger partial charge is 0.350 e. The van der Waals surface area contributed by atoms with E-state index in [4.69, 9.17) is 0 Å². The molecule has 1 aliphatic carbocycles. The Labute approximate surface area is 197 Å². The van der Waals surface area contributed by atoms with Gasteiger partial charge in [0.05, 0.1) is 0 Å². The zero-order valence-corrected chi connectivity index (χ0v) is 19.4. The number of carbonyl (C=O) groups excluding carboxylic acids is 2. The van der Waals surface area contributed by atoms with Crippen molar-refractivity contribution in [3.63, 3.8) is 0 Å². The van der Waals surface area contributed by atoms with Gasteiger partial charge in [-0.1, -0.05) is 55.3 Å². The van der Waals surface area contributed by atoms with Crippen molar-refractivity contribution in [1.82, 2.24) is 15.1 Å². The molecule has 5 nitrogen and oxygen atoms in total. The fraction of sp³-hybridized carbons (Fsp3) is 0.500. The molecular weight excluding hydrogens is 410 g/mol. The van der Waals surface area contributed by atoms with Crippen LogP contribution in [0.5, 0.6) is 0 Å². The molecule has 1 saturated carbocycles. The third-order valence-electron chi connectivity index (χ3n) is 7.74. The van der Waals surface area contributed by atoms with Crippen LogP contribution in [-0.2, 0) is 17.9 Å². The van der Waals surface area contributed by atoms with Crippen molar-refractivity contribution in [3.8, 4) is 0 Å². The third-order valence-corrected chi connectivity index (χ3v) is 7.74. The number of nitrogens with one attached hydrogen (secondary N) is 1. The number of hydrogen-bond acceptors (Lipinski definition) is 3. The zero-order valence-electron chi connectivity index (χ0n) is 19.4. The van der Waals surface area contributed by atoms with Crippen LogP contribution in [0, 0.1) is 5.92 Å². The second-order valence-electron chi connectivity index (χ2n) is 9.96. The molecule has 2 saturated heterocycles. The Morgan fingerprint density at radius 2 is 1.55 bits per heavy atom.